The summed E-state index contributed by atoms with van der Waals surface area (Å²) in [5, 5.41) is 2.76. The minimum atomic E-state index is -0.263. The van der Waals surface area contributed by atoms with Gasteiger partial charge < -0.3 is 5.32 Å². The van der Waals surface area contributed by atoms with Gasteiger partial charge in [-0.25, -0.2) is 9.97 Å². The molecule has 1 amide bonds. The lowest BCUT2D eigenvalue weighted by Crippen LogP contribution is -2.07. The second-order valence-corrected chi connectivity index (χ2v) is 5.64. The second kappa shape index (κ2) is 6.60. The molecule has 0 unspecified atom stereocenters. The van der Waals surface area contributed by atoms with Gasteiger partial charge in [-0.3, -0.25) is 14.3 Å². The lowest BCUT2D eigenvalue weighted by atomic mass is 10.2. The Morgan fingerprint density at radius 1 is 1.12 bits per heavy atom. The Bertz CT molecular complexity index is 1100. The third kappa shape index (κ3) is 2.95. The molecule has 1 N–H and O–H groups in total. The zero-order valence-electron chi connectivity index (χ0n) is 13.8. The third-order valence-corrected chi connectivity index (χ3v) is 3.94. The lowest BCUT2D eigenvalue weighted by molar-refractivity contribution is -0.111. The number of amides is 1. The van der Waals surface area contributed by atoms with E-state index in [-0.39, 0.29) is 5.91 Å². The van der Waals surface area contributed by atoms with Gasteiger partial charge in [0.1, 0.15) is 6.33 Å². The van der Waals surface area contributed by atoms with Crippen LogP contribution in [0.4, 0.5) is 5.69 Å². The number of carbonyl (C=O) groups is 1. The van der Waals surface area contributed by atoms with Gasteiger partial charge in [0.15, 0.2) is 5.82 Å². The summed E-state index contributed by atoms with van der Waals surface area (Å²) >= 11 is 0. The van der Waals surface area contributed by atoms with E-state index in [1.54, 1.807) is 24.8 Å². The molecular weight excluding hydrogens is 326 g/mol. The fourth-order valence-electron chi connectivity index (χ4n) is 2.68. The SMILES string of the molecule is C=CC(=O)Nc1ccc2ncn(-c3cncc(-c4ccccc4)n3)c2c1. The largest absolute Gasteiger partial charge is 0.322 e. The molecule has 0 saturated heterocycles. The fraction of sp³-hybridized carbons (Fsp3) is 0. The first-order valence-corrected chi connectivity index (χ1v) is 8.03. The molecular formula is C20H15N5O. The van der Waals surface area contributed by atoms with Crippen LogP contribution in [0.5, 0.6) is 0 Å². The molecule has 4 aromatic rings. The number of rotatable bonds is 4. The molecule has 0 aliphatic carbocycles. The van der Waals surface area contributed by atoms with Gasteiger partial charge in [0.25, 0.3) is 0 Å². The van der Waals surface area contributed by atoms with E-state index >= 15 is 0 Å². The van der Waals surface area contributed by atoms with Gasteiger partial charge in [-0.2, -0.15) is 0 Å². The molecule has 0 fully saturated rings. The van der Waals surface area contributed by atoms with E-state index in [0.717, 1.165) is 22.3 Å². The molecule has 2 heterocycles. The summed E-state index contributed by atoms with van der Waals surface area (Å²) in [6.45, 7) is 3.46. The second-order valence-electron chi connectivity index (χ2n) is 5.64. The van der Waals surface area contributed by atoms with Crippen molar-refractivity contribution < 1.29 is 4.79 Å². The van der Waals surface area contributed by atoms with Crippen LogP contribution in [0.25, 0.3) is 28.1 Å². The predicted octanol–water partition coefficient (Wildman–Crippen LogP) is 3.61. The summed E-state index contributed by atoms with van der Waals surface area (Å²) in [6.07, 6.45) is 6.34. The molecule has 4 rings (SSSR count). The molecule has 0 saturated carbocycles. The average Bonchev–Trinajstić information content (AvgIpc) is 3.12. The van der Waals surface area contributed by atoms with Crippen LogP contribution < -0.4 is 5.32 Å². The highest BCUT2D eigenvalue weighted by Crippen LogP contribution is 2.22. The van der Waals surface area contributed by atoms with Crippen molar-refractivity contribution in [1.29, 1.82) is 0 Å². The Balaban J connectivity index is 1.78. The Morgan fingerprint density at radius 3 is 2.77 bits per heavy atom. The molecule has 2 aromatic heterocycles. The molecule has 0 spiro atoms. The maximum absolute atomic E-state index is 11.5. The average molecular weight is 341 g/mol. The van der Waals surface area contributed by atoms with Crippen LogP contribution in [-0.2, 0) is 4.79 Å². The molecule has 0 bridgehead atoms. The van der Waals surface area contributed by atoms with Gasteiger partial charge in [-0.15, -0.1) is 0 Å². The molecule has 0 aliphatic heterocycles. The van der Waals surface area contributed by atoms with Crippen molar-refractivity contribution in [2.24, 2.45) is 0 Å². The molecule has 6 heteroatoms. The number of nitrogens with one attached hydrogen (secondary N) is 1. The summed E-state index contributed by atoms with van der Waals surface area (Å²) < 4.78 is 1.85. The van der Waals surface area contributed by atoms with Crippen LogP contribution >= 0.6 is 0 Å². The topological polar surface area (TPSA) is 72.7 Å². The number of imidazole rings is 1. The number of aromatic nitrogens is 4. The minimum absolute atomic E-state index is 0.263. The molecule has 126 valence electrons. The normalized spacial score (nSPS) is 10.6. The van der Waals surface area contributed by atoms with E-state index in [1.807, 2.05) is 47.0 Å². The summed E-state index contributed by atoms with van der Waals surface area (Å²) in [4.78, 5) is 25.0. The number of hydrogen-bond donors (Lipinski definition) is 1. The number of carbonyl (C=O) groups excluding carboxylic acids is 1. The van der Waals surface area contributed by atoms with Crippen molar-refractivity contribution in [3.05, 3.63) is 79.9 Å². The monoisotopic (exact) mass is 341 g/mol. The third-order valence-electron chi connectivity index (χ3n) is 3.94. The highest BCUT2D eigenvalue weighted by molar-refractivity contribution is 6.00. The summed E-state index contributed by atoms with van der Waals surface area (Å²) in [5.41, 5.74) is 4.06. The van der Waals surface area contributed by atoms with Gasteiger partial charge in [-0.05, 0) is 24.3 Å². The highest BCUT2D eigenvalue weighted by atomic mass is 16.1. The quantitative estimate of drug-likeness (QED) is 0.576. The van der Waals surface area contributed by atoms with Crippen LogP contribution in [-0.4, -0.2) is 25.4 Å². The van der Waals surface area contributed by atoms with Crippen molar-refractivity contribution in [3.8, 4) is 17.1 Å². The smallest absolute Gasteiger partial charge is 0.247 e. The number of anilines is 1. The predicted molar refractivity (Wildman–Crippen MR) is 101 cm³/mol. The molecule has 0 atom stereocenters. The van der Waals surface area contributed by atoms with Crippen molar-refractivity contribution in [3.63, 3.8) is 0 Å². The molecule has 2 aromatic carbocycles. The standard InChI is InChI=1S/C20H15N5O/c1-2-20(26)23-15-8-9-16-18(10-15)25(13-22-16)19-12-21-11-17(24-19)14-6-4-3-5-7-14/h2-13H,1H2,(H,23,26). The number of fused-ring (bicyclic) bond motifs is 1. The van der Waals surface area contributed by atoms with Crippen molar-refractivity contribution in [1.82, 2.24) is 19.5 Å². The zero-order valence-corrected chi connectivity index (χ0v) is 13.8. The van der Waals surface area contributed by atoms with Crippen LogP contribution in [0.15, 0.2) is 79.9 Å². The number of benzene rings is 2. The van der Waals surface area contributed by atoms with Crippen molar-refractivity contribution in [2.45, 2.75) is 0 Å². The zero-order chi connectivity index (χ0) is 17.9. The van der Waals surface area contributed by atoms with E-state index in [2.05, 4.69) is 21.9 Å². The highest BCUT2D eigenvalue weighted by Gasteiger charge is 2.09. The van der Waals surface area contributed by atoms with Gasteiger partial charge in [-0.1, -0.05) is 36.9 Å². The summed E-state index contributed by atoms with van der Waals surface area (Å²) in [7, 11) is 0. The van der Waals surface area contributed by atoms with Crippen LogP contribution in [0, 0.1) is 0 Å². The van der Waals surface area contributed by atoms with Crippen LogP contribution in [0.2, 0.25) is 0 Å². The maximum atomic E-state index is 11.5. The minimum Gasteiger partial charge on any atom is -0.322 e. The van der Waals surface area contributed by atoms with Crippen LogP contribution in [0.3, 0.4) is 0 Å². The lowest BCUT2D eigenvalue weighted by Gasteiger charge is -2.07. The van der Waals surface area contributed by atoms with Crippen molar-refractivity contribution >= 4 is 22.6 Å². The van der Waals surface area contributed by atoms with Crippen molar-refractivity contribution in [2.75, 3.05) is 5.32 Å². The first-order valence-electron chi connectivity index (χ1n) is 8.03. The summed E-state index contributed by atoms with van der Waals surface area (Å²) in [6, 6.07) is 15.4. The van der Waals surface area contributed by atoms with Gasteiger partial charge in [0.2, 0.25) is 5.91 Å². The Labute approximate surface area is 149 Å². The van der Waals surface area contributed by atoms with E-state index in [4.69, 9.17) is 4.98 Å². The fourth-order valence-corrected chi connectivity index (χ4v) is 2.68. The first kappa shape index (κ1) is 15.7. The van der Waals surface area contributed by atoms with E-state index in [1.165, 1.54) is 6.08 Å². The van der Waals surface area contributed by atoms with Gasteiger partial charge >= 0.3 is 0 Å². The van der Waals surface area contributed by atoms with Gasteiger partial charge in [0.05, 0.1) is 29.1 Å². The Morgan fingerprint density at radius 2 is 1.96 bits per heavy atom. The Hall–Kier alpha value is -3.80. The Kier molecular flexibility index (Phi) is 3.99. The molecule has 0 aliphatic rings. The van der Waals surface area contributed by atoms with E-state index < -0.39 is 0 Å². The van der Waals surface area contributed by atoms with E-state index in [0.29, 0.717) is 11.5 Å². The maximum Gasteiger partial charge on any atom is 0.247 e. The number of nitrogens with zero attached hydrogens (tertiary/aromatic N) is 4. The molecule has 6 nitrogen and oxygen atoms in total. The summed E-state index contributed by atoms with van der Waals surface area (Å²) in [5.74, 6) is 0.391. The molecule has 0 radical (unpaired) electrons. The first-order chi connectivity index (χ1) is 12.7. The molecule has 26 heavy (non-hydrogen) atoms. The van der Waals surface area contributed by atoms with E-state index in [9.17, 15) is 4.79 Å². The number of hydrogen-bond acceptors (Lipinski definition) is 4. The van der Waals surface area contributed by atoms with Crippen LogP contribution in [0.1, 0.15) is 0 Å². The van der Waals surface area contributed by atoms with Gasteiger partial charge in [0, 0.05) is 11.3 Å².